The van der Waals surface area contributed by atoms with Crippen LogP contribution in [0.25, 0.3) is 0 Å². The fraction of sp³-hybridized carbons (Fsp3) is 0.560. The van der Waals surface area contributed by atoms with Gasteiger partial charge < -0.3 is 114 Å². The maximum atomic E-state index is 14.9. The Bertz CT molecular complexity index is 3680. The van der Waals surface area contributed by atoms with Crippen LogP contribution >= 0.6 is 0 Å². The van der Waals surface area contributed by atoms with Gasteiger partial charge in [0.15, 0.2) is 17.9 Å². The van der Waals surface area contributed by atoms with E-state index in [2.05, 4.69) is 68.1 Å². The number of benzene rings is 3. The number of guanidine groups is 3. The number of hydrogen-bond donors (Lipinski definition) is 20. The van der Waals surface area contributed by atoms with Gasteiger partial charge in [-0.2, -0.15) is 0 Å². The molecule has 28 N–H and O–H groups in total. The monoisotopic (exact) mass is 1550 g/mol. The highest BCUT2D eigenvalue weighted by Crippen LogP contribution is 2.24. The van der Waals surface area contributed by atoms with Crippen molar-refractivity contribution in [3.63, 3.8) is 0 Å². The van der Waals surface area contributed by atoms with Gasteiger partial charge in [-0.1, -0.05) is 76.6 Å². The Balaban J connectivity index is 1.59. The first kappa shape index (κ1) is 92.1. The molecule has 1 fully saturated rings. The van der Waals surface area contributed by atoms with E-state index in [1.165, 1.54) is 24.0 Å². The highest BCUT2D eigenvalue weighted by atomic mass is 16.3. The van der Waals surface area contributed by atoms with Crippen LogP contribution in [0.5, 0.6) is 11.5 Å². The minimum Gasteiger partial charge on any atom is -0.508 e. The molecule has 1 saturated heterocycles. The Morgan fingerprint density at radius 2 is 1.00 bits per heavy atom. The van der Waals surface area contributed by atoms with Gasteiger partial charge in [0.25, 0.3) is 0 Å². The molecular weight excluding hydrogens is 1430 g/mol. The molecule has 0 radical (unpaired) electrons. The SMILES string of the molecule is CC[C@H](C)[C@H](NC(=O)[C@H](CCCN=C(N)N)NC(=O)[C@H](CCCN=C(N)N)NC(=O)[C@H](CC(C)C)NC(=O)[C@H](Cc1ccccc1)NC(=O)[C@H](C)NC(=O)CNC(=O)[C@H](Cc1ccc(O)cc1)NC(=O)CCc1c(C)cc(O)cc1C)C(=O)N[C@@H](CCCN=C(N)N)C(=O)N1CCC[C@H]1C(=O)N[C@@H](CCCCN)C(N)=O. The second-order valence-corrected chi connectivity index (χ2v) is 28.3. The third-order valence-electron chi connectivity index (χ3n) is 18.7. The van der Waals surface area contributed by atoms with E-state index in [-0.39, 0.29) is 139 Å². The normalized spacial score (nSPS) is 15.1. The summed E-state index contributed by atoms with van der Waals surface area (Å²) in [6, 6.07) is 4.81. The minimum atomic E-state index is -1.46. The molecule has 4 rings (SSSR count). The lowest BCUT2D eigenvalue weighted by Crippen LogP contribution is -2.61. The molecule has 0 aromatic heterocycles. The summed E-state index contributed by atoms with van der Waals surface area (Å²) in [4.78, 5) is 183. The Morgan fingerprint density at radius 3 is 1.53 bits per heavy atom. The first-order valence-electron chi connectivity index (χ1n) is 37.7. The zero-order valence-corrected chi connectivity index (χ0v) is 64.7. The Kier molecular flexibility index (Phi) is 39.4. The number of nitrogens with one attached hydrogen (secondary N) is 10. The topological polar surface area (TPSA) is 614 Å². The van der Waals surface area contributed by atoms with Crippen LogP contribution in [0, 0.1) is 25.7 Å². The number of phenolic OH excluding ortho intramolecular Hbond substituents is 2. The number of aliphatic imine (C=N–C) groups is 3. The average Bonchev–Trinajstić information content (AvgIpc) is 1.60. The van der Waals surface area contributed by atoms with Crippen molar-refractivity contribution in [2.45, 2.75) is 218 Å². The molecule has 0 saturated carbocycles. The van der Waals surface area contributed by atoms with E-state index >= 15 is 0 Å². The molecule has 3 aromatic rings. The molecule has 1 aliphatic rings. The highest BCUT2D eigenvalue weighted by Gasteiger charge is 2.41. The van der Waals surface area contributed by atoms with Crippen molar-refractivity contribution < 1.29 is 67.7 Å². The first-order valence-corrected chi connectivity index (χ1v) is 37.7. The molecule has 1 heterocycles. The van der Waals surface area contributed by atoms with Crippen molar-refractivity contribution in [2.24, 2.45) is 72.7 Å². The van der Waals surface area contributed by atoms with Crippen LogP contribution in [0.2, 0.25) is 0 Å². The average molecular weight is 1550 g/mol. The summed E-state index contributed by atoms with van der Waals surface area (Å²) in [6.45, 7) is 11.8. The van der Waals surface area contributed by atoms with Crippen molar-refractivity contribution in [3.8, 4) is 11.5 Å². The molecule has 111 heavy (non-hydrogen) atoms. The van der Waals surface area contributed by atoms with Gasteiger partial charge in [0.05, 0.1) is 6.54 Å². The number of hydrogen-bond acceptors (Lipinski definition) is 18. The van der Waals surface area contributed by atoms with Gasteiger partial charge in [-0.3, -0.25) is 72.5 Å². The van der Waals surface area contributed by atoms with Gasteiger partial charge >= 0.3 is 0 Å². The first-order chi connectivity index (χ1) is 52.6. The molecule has 36 heteroatoms. The summed E-state index contributed by atoms with van der Waals surface area (Å²) in [6.07, 6.45) is 2.43. The quantitative estimate of drug-likeness (QED) is 0.0158. The van der Waals surface area contributed by atoms with E-state index in [4.69, 9.17) is 45.9 Å². The standard InChI is InChI=1S/C75H118N22O14/c1-8-43(4)62(71(110)93-55(23-16-34-86-75(82)83)72(111)97-35-17-24-59(97)70(109)90-52(63(77)102)20-12-13-31-76)96-67(106)54(22-15-33-85-74(80)81)91-66(105)53(21-14-32-84-73(78)79)92-68(107)56(36-42(2)3)95-69(108)58(39-47-18-10-9-11-19-47)94-64(103)46(7)88-61(101)41-87-65(104)57(40-48-25-27-49(98)28-26-48)89-60(100)30-29-51-44(5)37-50(99)38-45(51)6/h9-11,18-19,25-28,37-38,42-43,46,52-59,62,98-99H,8,12-17,20-24,29-36,39-41,76H2,1-7H3,(H2,77,102)(H,87,104)(H,88,101)(H,89,100)(H,90,109)(H,91,105)(H,92,107)(H,93,110)(H,94,103)(H,95,108)(H,96,106)(H4,78,79,84)(H4,80,81,85)(H4,82,83,86)/t43-,46-,52-,53-,54-,55-,56-,57-,58-,59-,62-/m0/s1. The number of carbonyl (C=O) groups excluding carboxylic acids is 12. The van der Waals surface area contributed by atoms with Gasteiger partial charge in [0.2, 0.25) is 70.9 Å². The third-order valence-corrected chi connectivity index (χ3v) is 18.7. The molecule has 0 bridgehead atoms. The number of rotatable bonds is 48. The van der Waals surface area contributed by atoms with Crippen molar-refractivity contribution in [3.05, 3.63) is 94.5 Å². The number of primary amides is 1. The molecule has 1 aliphatic heterocycles. The summed E-state index contributed by atoms with van der Waals surface area (Å²) in [5.74, 6) is -10.7. The predicted octanol–water partition coefficient (Wildman–Crippen LogP) is -2.51. The van der Waals surface area contributed by atoms with Crippen LogP contribution in [0.15, 0.2) is 81.7 Å². The van der Waals surface area contributed by atoms with E-state index in [0.29, 0.717) is 49.8 Å². The molecule has 612 valence electrons. The fourth-order valence-electron chi connectivity index (χ4n) is 12.5. The summed E-state index contributed by atoms with van der Waals surface area (Å²) in [5.41, 5.74) is 48.7. The number of aryl methyl sites for hydroxylation is 2. The summed E-state index contributed by atoms with van der Waals surface area (Å²) in [7, 11) is 0. The Hall–Kier alpha value is -11.3. The fourth-order valence-corrected chi connectivity index (χ4v) is 12.5. The number of unbranched alkanes of at least 4 members (excludes halogenated alkanes) is 1. The van der Waals surface area contributed by atoms with Gasteiger partial charge in [-0.05, 0) is 175 Å². The zero-order valence-electron chi connectivity index (χ0n) is 64.7. The van der Waals surface area contributed by atoms with Gasteiger partial charge in [-0.25, -0.2) is 0 Å². The lowest BCUT2D eigenvalue weighted by molar-refractivity contribution is -0.142. The second-order valence-electron chi connectivity index (χ2n) is 28.3. The van der Waals surface area contributed by atoms with Crippen molar-refractivity contribution >= 4 is 88.8 Å². The summed E-state index contributed by atoms with van der Waals surface area (Å²) < 4.78 is 0. The van der Waals surface area contributed by atoms with E-state index in [1.807, 2.05) is 13.8 Å². The second kappa shape index (κ2) is 47.6. The molecule has 3 aromatic carbocycles. The predicted molar refractivity (Wildman–Crippen MR) is 419 cm³/mol. The molecule has 12 amide bonds. The van der Waals surface area contributed by atoms with Crippen LogP contribution in [0.4, 0.5) is 0 Å². The molecular formula is C75H118N22O14. The highest BCUT2D eigenvalue weighted by molar-refractivity contribution is 5.99. The molecule has 36 nitrogen and oxygen atoms in total. The van der Waals surface area contributed by atoms with Crippen LogP contribution in [0.3, 0.4) is 0 Å². The number of aromatic hydroxyl groups is 2. The van der Waals surface area contributed by atoms with Crippen molar-refractivity contribution in [2.75, 3.05) is 39.3 Å². The minimum absolute atomic E-state index is 0.0119. The molecule has 11 atom stereocenters. The van der Waals surface area contributed by atoms with E-state index in [0.717, 1.165) is 16.7 Å². The molecule has 0 aliphatic carbocycles. The van der Waals surface area contributed by atoms with E-state index < -0.39 is 144 Å². The number of nitrogens with two attached hydrogens (primary N) is 8. The summed E-state index contributed by atoms with van der Waals surface area (Å²) >= 11 is 0. The number of carbonyl (C=O) groups is 12. The van der Waals surface area contributed by atoms with Crippen LogP contribution in [0.1, 0.15) is 152 Å². The molecule has 0 spiro atoms. The number of nitrogens with zero attached hydrogens (tertiary/aromatic N) is 4. The van der Waals surface area contributed by atoms with E-state index in [1.54, 1.807) is 82.3 Å². The lowest BCUT2D eigenvalue weighted by Gasteiger charge is -2.32. The molecule has 0 unspecified atom stereocenters. The zero-order chi connectivity index (χ0) is 82.4. The Morgan fingerprint density at radius 1 is 0.514 bits per heavy atom. The number of likely N-dealkylation sites (tertiary alicyclic amines) is 1. The van der Waals surface area contributed by atoms with Crippen molar-refractivity contribution in [1.29, 1.82) is 0 Å². The largest absolute Gasteiger partial charge is 0.508 e. The maximum Gasteiger partial charge on any atom is 0.245 e. The Labute approximate surface area is 648 Å². The van der Waals surface area contributed by atoms with Gasteiger partial charge in [0.1, 0.15) is 71.9 Å². The van der Waals surface area contributed by atoms with Gasteiger partial charge in [0, 0.05) is 45.4 Å². The lowest BCUT2D eigenvalue weighted by atomic mass is 9.96. The third kappa shape index (κ3) is 33.2. The van der Waals surface area contributed by atoms with Crippen LogP contribution < -0.4 is 99.0 Å². The van der Waals surface area contributed by atoms with E-state index in [9.17, 15) is 67.7 Å². The van der Waals surface area contributed by atoms with Crippen LogP contribution in [-0.2, 0) is 76.8 Å². The number of amides is 12. The van der Waals surface area contributed by atoms with Crippen molar-refractivity contribution in [1.82, 2.24) is 58.1 Å². The maximum absolute atomic E-state index is 14.9. The van der Waals surface area contributed by atoms with Crippen LogP contribution in [-0.4, -0.2) is 204 Å². The summed E-state index contributed by atoms with van der Waals surface area (Å²) in [5, 5.41) is 46.9. The smallest absolute Gasteiger partial charge is 0.245 e. The van der Waals surface area contributed by atoms with Gasteiger partial charge in [-0.15, -0.1) is 0 Å². The number of phenols is 2.